The smallest absolute Gasteiger partial charge is 0.223 e. The molecule has 2 aromatic rings. The molecule has 0 aromatic carbocycles. The lowest BCUT2D eigenvalue weighted by atomic mass is 10.2. The van der Waals surface area contributed by atoms with Crippen molar-refractivity contribution in [2.45, 2.75) is 45.3 Å². The van der Waals surface area contributed by atoms with Gasteiger partial charge in [0.1, 0.15) is 0 Å². The van der Waals surface area contributed by atoms with Gasteiger partial charge in [-0.2, -0.15) is 0 Å². The summed E-state index contributed by atoms with van der Waals surface area (Å²) in [6.45, 7) is 3.99. The zero-order valence-electron chi connectivity index (χ0n) is 14.0. The van der Waals surface area contributed by atoms with Crippen molar-refractivity contribution in [3.63, 3.8) is 0 Å². The van der Waals surface area contributed by atoms with E-state index in [2.05, 4.69) is 9.97 Å². The Balaban J connectivity index is 1.63. The van der Waals surface area contributed by atoms with Crippen LogP contribution in [0.15, 0.2) is 29.9 Å². The van der Waals surface area contributed by atoms with E-state index in [1.807, 2.05) is 35.5 Å². The maximum absolute atomic E-state index is 12.8. The zero-order valence-corrected chi connectivity index (χ0v) is 14.8. The second-order valence-electron chi connectivity index (χ2n) is 6.09. The van der Waals surface area contributed by atoms with E-state index in [1.54, 1.807) is 17.5 Å². The number of carbonyl (C=O) groups is 1. The van der Waals surface area contributed by atoms with Crippen molar-refractivity contribution < 1.29 is 9.53 Å². The van der Waals surface area contributed by atoms with E-state index in [4.69, 9.17) is 4.74 Å². The molecule has 0 radical (unpaired) electrons. The van der Waals surface area contributed by atoms with Gasteiger partial charge in [-0.25, -0.2) is 4.98 Å². The van der Waals surface area contributed by atoms with Crippen LogP contribution in [0.4, 0.5) is 0 Å². The van der Waals surface area contributed by atoms with Gasteiger partial charge in [-0.3, -0.25) is 9.78 Å². The standard InChI is InChI=1S/C18H23N3O2S/c1-14-17(24-13-20-14)7-8-18(22)21(12-16-6-4-10-23-16)11-15-5-2-3-9-19-15/h2-3,5,9,13,16H,4,6-8,10-12H2,1H3/t16-/m1/s1. The number of hydrogen-bond acceptors (Lipinski definition) is 5. The van der Waals surface area contributed by atoms with E-state index in [9.17, 15) is 4.79 Å². The van der Waals surface area contributed by atoms with Crippen LogP contribution >= 0.6 is 11.3 Å². The molecule has 0 spiro atoms. The highest BCUT2D eigenvalue weighted by atomic mass is 32.1. The van der Waals surface area contributed by atoms with Crippen LogP contribution in [0.2, 0.25) is 0 Å². The molecule has 0 saturated carbocycles. The summed E-state index contributed by atoms with van der Waals surface area (Å²) >= 11 is 1.62. The third kappa shape index (κ3) is 4.61. The van der Waals surface area contributed by atoms with Gasteiger partial charge < -0.3 is 9.64 Å². The normalized spacial score (nSPS) is 17.1. The van der Waals surface area contributed by atoms with E-state index in [0.29, 0.717) is 19.5 Å². The summed E-state index contributed by atoms with van der Waals surface area (Å²) in [6.07, 6.45) is 5.28. The molecule has 5 nitrogen and oxygen atoms in total. The number of thiazole rings is 1. The minimum absolute atomic E-state index is 0.155. The highest BCUT2D eigenvalue weighted by molar-refractivity contribution is 7.09. The zero-order chi connectivity index (χ0) is 16.8. The average Bonchev–Trinajstić information content (AvgIpc) is 3.25. The number of aryl methyl sites for hydroxylation is 2. The molecule has 1 aliphatic rings. The predicted octanol–water partition coefficient (Wildman–Crippen LogP) is 2.99. The Bertz CT molecular complexity index is 653. The van der Waals surface area contributed by atoms with Gasteiger partial charge >= 0.3 is 0 Å². The first-order chi connectivity index (χ1) is 11.7. The molecule has 1 fully saturated rings. The molecular formula is C18H23N3O2S. The fourth-order valence-electron chi connectivity index (χ4n) is 2.92. The Morgan fingerprint density at radius 1 is 1.42 bits per heavy atom. The Kier molecular flexibility index (Phi) is 5.93. The summed E-state index contributed by atoms with van der Waals surface area (Å²) in [5.74, 6) is 0.156. The molecule has 1 atom stereocenters. The van der Waals surface area contributed by atoms with E-state index in [0.717, 1.165) is 37.3 Å². The summed E-state index contributed by atoms with van der Waals surface area (Å²) in [5, 5.41) is 0. The molecule has 0 unspecified atom stereocenters. The SMILES string of the molecule is Cc1ncsc1CCC(=O)N(Cc1ccccn1)C[C@H]1CCCO1. The van der Waals surface area contributed by atoms with E-state index >= 15 is 0 Å². The molecule has 1 saturated heterocycles. The molecule has 3 rings (SSSR count). The molecule has 1 aliphatic heterocycles. The van der Waals surface area contributed by atoms with E-state index in [-0.39, 0.29) is 12.0 Å². The van der Waals surface area contributed by atoms with Crippen molar-refractivity contribution in [2.24, 2.45) is 0 Å². The first kappa shape index (κ1) is 17.0. The number of pyridine rings is 1. The first-order valence-electron chi connectivity index (χ1n) is 8.40. The summed E-state index contributed by atoms with van der Waals surface area (Å²) in [5.41, 5.74) is 3.79. The number of ether oxygens (including phenoxy) is 1. The van der Waals surface area contributed by atoms with Gasteiger partial charge in [-0.05, 0) is 38.3 Å². The van der Waals surface area contributed by atoms with Crippen LogP contribution in [0.5, 0.6) is 0 Å². The van der Waals surface area contributed by atoms with E-state index in [1.165, 1.54) is 4.88 Å². The van der Waals surface area contributed by atoms with Gasteiger partial charge in [0.25, 0.3) is 0 Å². The molecule has 3 heterocycles. The van der Waals surface area contributed by atoms with E-state index < -0.39 is 0 Å². The van der Waals surface area contributed by atoms with Crippen LogP contribution in [-0.4, -0.2) is 40.0 Å². The topological polar surface area (TPSA) is 55.3 Å². The molecule has 0 aliphatic carbocycles. The van der Waals surface area contributed by atoms with Gasteiger partial charge in [0.05, 0.1) is 29.5 Å². The van der Waals surface area contributed by atoms with Crippen molar-refractivity contribution in [3.8, 4) is 0 Å². The minimum Gasteiger partial charge on any atom is -0.376 e. The Hall–Kier alpha value is -1.79. The van der Waals surface area contributed by atoms with Gasteiger partial charge in [0.2, 0.25) is 5.91 Å². The average molecular weight is 345 g/mol. The van der Waals surface area contributed by atoms with Gasteiger partial charge in [0.15, 0.2) is 0 Å². The number of hydrogen-bond donors (Lipinski definition) is 0. The van der Waals surface area contributed by atoms with Gasteiger partial charge in [-0.15, -0.1) is 11.3 Å². The molecule has 0 N–H and O–H groups in total. The molecule has 2 aromatic heterocycles. The predicted molar refractivity (Wildman–Crippen MR) is 93.8 cm³/mol. The lowest BCUT2D eigenvalue weighted by Crippen LogP contribution is -2.37. The van der Waals surface area contributed by atoms with Crippen LogP contribution in [0, 0.1) is 6.92 Å². The second kappa shape index (κ2) is 8.35. The Morgan fingerprint density at radius 3 is 3.00 bits per heavy atom. The third-order valence-electron chi connectivity index (χ3n) is 4.29. The van der Waals surface area contributed by atoms with Crippen molar-refractivity contribution in [1.82, 2.24) is 14.9 Å². The quantitative estimate of drug-likeness (QED) is 0.774. The fraction of sp³-hybridized carbons (Fsp3) is 0.500. The number of carbonyl (C=O) groups excluding carboxylic acids is 1. The Labute approximate surface area is 146 Å². The van der Waals surface area contributed by atoms with Crippen molar-refractivity contribution in [1.29, 1.82) is 0 Å². The molecule has 0 bridgehead atoms. The maximum atomic E-state index is 12.8. The van der Waals surface area contributed by atoms with Gasteiger partial charge in [0, 0.05) is 30.6 Å². The number of nitrogens with zero attached hydrogens (tertiary/aromatic N) is 3. The van der Waals surface area contributed by atoms with Crippen LogP contribution in [-0.2, 0) is 22.5 Å². The number of aromatic nitrogens is 2. The highest BCUT2D eigenvalue weighted by Gasteiger charge is 2.23. The lowest BCUT2D eigenvalue weighted by molar-refractivity contribution is -0.133. The van der Waals surface area contributed by atoms with Crippen molar-refractivity contribution in [2.75, 3.05) is 13.2 Å². The third-order valence-corrected chi connectivity index (χ3v) is 5.29. The number of amides is 1. The van der Waals surface area contributed by atoms with Crippen LogP contribution in [0.1, 0.15) is 35.5 Å². The molecule has 24 heavy (non-hydrogen) atoms. The van der Waals surface area contributed by atoms with Crippen LogP contribution in [0.3, 0.4) is 0 Å². The largest absolute Gasteiger partial charge is 0.376 e. The second-order valence-corrected chi connectivity index (χ2v) is 7.03. The lowest BCUT2D eigenvalue weighted by Gasteiger charge is -2.25. The van der Waals surface area contributed by atoms with Gasteiger partial charge in [-0.1, -0.05) is 6.07 Å². The molecule has 128 valence electrons. The monoisotopic (exact) mass is 345 g/mol. The fourth-order valence-corrected chi connectivity index (χ4v) is 3.70. The molecular weight excluding hydrogens is 322 g/mol. The molecule has 6 heteroatoms. The van der Waals surface area contributed by atoms with Crippen molar-refractivity contribution >= 4 is 17.2 Å². The summed E-state index contributed by atoms with van der Waals surface area (Å²) in [7, 11) is 0. The minimum atomic E-state index is 0.155. The Morgan fingerprint density at radius 2 is 2.33 bits per heavy atom. The number of rotatable bonds is 7. The van der Waals surface area contributed by atoms with Crippen LogP contribution in [0.25, 0.3) is 0 Å². The van der Waals surface area contributed by atoms with Crippen molar-refractivity contribution in [3.05, 3.63) is 46.2 Å². The maximum Gasteiger partial charge on any atom is 0.223 e. The summed E-state index contributed by atoms with van der Waals surface area (Å²) in [4.78, 5) is 24.5. The highest BCUT2D eigenvalue weighted by Crippen LogP contribution is 2.18. The molecule has 1 amide bonds. The van der Waals surface area contributed by atoms with Crippen LogP contribution < -0.4 is 0 Å². The summed E-state index contributed by atoms with van der Waals surface area (Å²) < 4.78 is 5.72. The summed E-state index contributed by atoms with van der Waals surface area (Å²) in [6, 6.07) is 5.81. The first-order valence-corrected chi connectivity index (χ1v) is 9.28.